The topological polar surface area (TPSA) is 62.5 Å². The molecule has 0 aliphatic carbocycles. The predicted octanol–water partition coefficient (Wildman–Crippen LogP) is 3.73. The summed E-state index contributed by atoms with van der Waals surface area (Å²) in [5.74, 6) is -0.529. The third-order valence-corrected chi connectivity index (χ3v) is 5.29. The van der Waals surface area contributed by atoms with E-state index >= 15 is 0 Å². The highest BCUT2D eigenvalue weighted by molar-refractivity contribution is 5.96. The quantitative estimate of drug-likeness (QED) is 0.910. The molecule has 26 heavy (non-hydrogen) atoms. The van der Waals surface area contributed by atoms with E-state index in [2.05, 4.69) is 29.7 Å². The van der Waals surface area contributed by atoms with Crippen LogP contribution in [0.4, 0.5) is 0 Å². The smallest absolute Gasteiger partial charge is 0.303 e. The fourth-order valence-corrected chi connectivity index (χ4v) is 3.90. The Morgan fingerprint density at radius 2 is 1.81 bits per heavy atom. The number of hydrogen-bond acceptors (Lipinski definition) is 2. The predicted molar refractivity (Wildman–Crippen MR) is 101 cm³/mol. The molecule has 0 saturated carbocycles. The van der Waals surface area contributed by atoms with Crippen LogP contribution in [-0.4, -0.2) is 39.5 Å². The zero-order chi connectivity index (χ0) is 18.8. The van der Waals surface area contributed by atoms with E-state index in [1.165, 1.54) is 5.56 Å². The number of hydrogen-bond donors (Lipinski definition) is 1. The van der Waals surface area contributed by atoms with Gasteiger partial charge in [-0.15, -0.1) is 0 Å². The normalized spacial score (nSPS) is 15.3. The van der Waals surface area contributed by atoms with Crippen LogP contribution >= 0.6 is 0 Å². The number of likely N-dealkylation sites (tertiary alicyclic amines) is 1. The molecular formula is C21H26N2O3. The summed E-state index contributed by atoms with van der Waals surface area (Å²) in [5, 5.41) is 8.93. The second kappa shape index (κ2) is 7.36. The van der Waals surface area contributed by atoms with Crippen molar-refractivity contribution in [2.24, 2.45) is 5.92 Å². The van der Waals surface area contributed by atoms with E-state index < -0.39 is 5.97 Å². The van der Waals surface area contributed by atoms with Crippen molar-refractivity contribution in [2.75, 3.05) is 13.1 Å². The third kappa shape index (κ3) is 3.66. The van der Waals surface area contributed by atoms with Crippen LogP contribution in [0, 0.1) is 26.7 Å². The number of amides is 1. The molecule has 0 spiro atoms. The maximum atomic E-state index is 13.0. The first-order chi connectivity index (χ1) is 12.4. The number of aryl methyl sites for hydroxylation is 2. The van der Waals surface area contributed by atoms with Gasteiger partial charge in [-0.05, 0) is 63.3 Å². The summed E-state index contributed by atoms with van der Waals surface area (Å²) in [6.07, 6.45) is 1.72. The highest BCUT2D eigenvalue weighted by Gasteiger charge is 2.27. The third-order valence-electron chi connectivity index (χ3n) is 5.29. The Labute approximate surface area is 154 Å². The zero-order valence-electron chi connectivity index (χ0n) is 15.7. The summed E-state index contributed by atoms with van der Waals surface area (Å²) in [7, 11) is 0. The van der Waals surface area contributed by atoms with Crippen molar-refractivity contribution < 1.29 is 14.7 Å². The average Bonchev–Trinajstić information content (AvgIpc) is 2.89. The van der Waals surface area contributed by atoms with E-state index in [9.17, 15) is 9.59 Å². The van der Waals surface area contributed by atoms with Crippen molar-refractivity contribution in [3.63, 3.8) is 0 Å². The van der Waals surface area contributed by atoms with E-state index in [0.717, 1.165) is 35.5 Å². The van der Waals surface area contributed by atoms with Gasteiger partial charge in [0.15, 0.2) is 0 Å². The molecule has 1 amide bonds. The molecule has 2 aromatic rings. The Bertz CT molecular complexity index is 830. The number of aliphatic carboxylic acids is 1. The maximum absolute atomic E-state index is 13.0. The fourth-order valence-electron chi connectivity index (χ4n) is 3.90. The summed E-state index contributed by atoms with van der Waals surface area (Å²) in [4.78, 5) is 25.7. The van der Waals surface area contributed by atoms with Gasteiger partial charge in [0.1, 0.15) is 0 Å². The molecule has 1 aliphatic heterocycles. The first-order valence-corrected chi connectivity index (χ1v) is 9.14. The molecule has 1 N–H and O–H groups in total. The van der Waals surface area contributed by atoms with Crippen LogP contribution in [0.1, 0.15) is 46.6 Å². The first kappa shape index (κ1) is 18.2. The van der Waals surface area contributed by atoms with Gasteiger partial charge in [0, 0.05) is 36.6 Å². The Morgan fingerprint density at radius 1 is 1.12 bits per heavy atom. The molecule has 5 nitrogen and oxygen atoms in total. The van der Waals surface area contributed by atoms with Gasteiger partial charge in [0.05, 0.1) is 5.56 Å². The lowest BCUT2D eigenvalue weighted by molar-refractivity contribution is -0.138. The summed E-state index contributed by atoms with van der Waals surface area (Å²) < 4.78 is 2.12. The van der Waals surface area contributed by atoms with Gasteiger partial charge in [-0.3, -0.25) is 9.59 Å². The summed E-state index contributed by atoms with van der Waals surface area (Å²) in [6, 6.07) is 10.2. The molecule has 0 radical (unpaired) electrons. The molecule has 2 heterocycles. The fraction of sp³-hybridized carbons (Fsp3) is 0.429. The highest BCUT2D eigenvalue weighted by atomic mass is 16.4. The molecule has 1 aromatic heterocycles. The standard InChI is InChI=1S/C21H26N2O3/c1-14-5-4-6-18(11-14)23-15(2)12-19(16(23)3)21(26)22-9-7-17(8-10-22)13-20(24)25/h4-6,11-12,17H,7-10,13H2,1-3H3,(H,24,25). The van der Waals surface area contributed by atoms with Crippen molar-refractivity contribution in [3.05, 3.63) is 52.8 Å². The first-order valence-electron chi connectivity index (χ1n) is 9.14. The number of carbonyl (C=O) groups excluding carboxylic acids is 1. The second-order valence-corrected chi connectivity index (χ2v) is 7.29. The van der Waals surface area contributed by atoms with Gasteiger partial charge in [0.2, 0.25) is 0 Å². The van der Waals surface area contributed by atoms with Crippen molar-refractivity contribution in [3.8, 4) is 5.69 Å². The number of piperidine rings is 1. The van der Waals surface area contributed by atoms with Crippen LogP contribution in [0.5, 0.6) is 0 Å². The van der Waals surface area contributed by atoms with E-state index in [1.54, 1.807) is 0 Å². The van der Waals surface area contributed by atoms with Crippen LogP contribution < -0.4 is 0 Å². The molecular weight excluding hydrogens is 328 g/mol. The SMILES string of the molecule is Cc1cccc(-n2c(C)cc(C(=O)N3CCC(CC(=O)O)CC3)c2C)c1. The Kier molecular flexibility index (Phi) is 5.16. The zero-order valence-corrected chi connectivity index (χ0v) is 15.7. The summed E-state index contributed by atoms with van der Waals surface area (Å²) in [6.45, 7) is 7.33. The molecule has 0 atom stereocenters. The molecule has 1 aliphatic rings. The minimum Gasteiger partial charge on any atom is -0.481 e. The van der Waals surface area contributed by atoms with Gasteiger partial charge >= 0.3 is 5.97 Å². The molecule has 1 aromatic carbocycles. The summed E-state index contributed by atoms with van der Waals surface area (Å²) in [5.41, 5.74) is 4.98. The molecule has 0 unspecified atom stereocenters. The minimum absolute atomic E-state index is 0.0470. The number of benzene rings is 1. The number of nitrogens with zero attached hydrogens (tertiary/aromatic N) is 2. The van der Waals surface area contributed by atoms with Gasteiger partial charge in [0.25, 0.3) is 5.91 Å². The minimum atomic E-state index is -0.753. The van der Waals surface area contributed by atoms with E-state index in [-0.39, 0.29) is 18.2 Å². The molecule has 0 bridgehead atoms. The molecule has 3 rings (SSSR count). The number of aromatic nitrogens is 1. The van der Waals surface area contributed by atoms with E-state index in [0.29, 0.717) is 13.1 Å². The number of carboxylic acids is 1. The van der Waals surface area contributed by atoms with Crippen molar-refractivity contribution in [1.29, 1.82) is 0 Å². The number of rotatable bonds is 4. The maximum Gasteiger partial charge on any atom is 0.303 e. The van der Waals surface area contributed by atoms with Gasteiger partial charge < -0.3 is 14.6 Å². The average molecular weight is 354 g/mol. The lowest BCUT2D eigenvalue weighted by Gasteiger charge is -2.31. The van der Waals surface area contributed by atoms with Crippen LogP contribution in [0.2, 0.25) is 0 Å². The lowest BCUT2D eigenvalue weighted by atomic mass is 9.93. The second-order valence-electron chi connectivity index (χ2n) is 7.29. The largest absolute Gasteiger partial charge is 0.481 e. The van der Waals surface area contributed by atoms with E-state index in [4.69, 9.17) is 5.11 Å². The molecule has 1 fully saturated rings. The Balaban J connectivity index is 1.79. The highest BCUT2D eigenvalue weighted by Crippen LogP contribution is 2.26. The Hall–Kier alpha value is -2.56. The number of carbonyl (C=O) groups is 2. The van der Waals surface area contributed by atoms with Crippen molar-refractivity contribution in [1.82, 2.24) is 9.47 Å². The van der Waals surface area contributed by atoms with Crippen LogP contribution in [0.25, 0.3) is 5.69 Å². The monoisotopic (exact) mass is 354 g/mol. The Morgan fingerprint density at radius 3 is 2.42 bits per heavy atom. The van der Waals surface area contributed by atoms with Crippen LogP contribution in [0.15, 0.2) is 30.3 Å². The molecule has 1 saturated heterocycles. The van der Waals surface area contributed by atoms with Crippen molar-refractivity contribution in [2.45, 2.75) is 40.0 Å². The van der Waals surface area contributed by atoms with Gasteiger partial charge in [-0.25, -0.2) is 0 Å². The molecule has 5 heteroatoms. The van der Waals surface area contributed by atoms with Crippen LogP contribution in [-0.2, 0) is 4.79 Å². The van der Waals surface area contributed by atoms with Crippen molar-refractivity contribution >= 4 is 11.9 Å². The summed E-state index contributed by atoms with van der Waals surface area (Å²) >= 11 is 0. The number of carboxylic acid groups (broad SMARTS) is 1. The van der Waals surface area contributed by atoms with E-state index in [1.807, 2.05) is 30.9 Å². The lowest BCUT2D eigenvalue weighted by Crippen LogP contribution is -2.39. The van der Waals surface area contributed by atoms with Gasteiger partial charge in [-0.1, -0.05) is 12.1 Å². The van der Waals surface area contributed by atoms with Crippen LogP contribution in [0.3, 0.4) is 0 Å². The molecule has 138 valence electrons. The van der Waals surface area contributed by atoms with Gasteiger partial charge in [-0.2, -0.15) is 0 Å².